The Labute approximate surface area is 412 Å². The molecule has 3 aromatic heterocycles. The second-order valence-electron chi connectivity index (χ2n) is 19.5. The number of para-hydroxylation sites is 3. The van der Waals surface area contributed by atoms with E-state index in [9.17, 15) is 5.11 Å². The Morgan fingerprint density at radius 3 is 1.84 bits per heavy atom. The third-order valence-electron chi connectivity index (χ3n) is 13.0. The molecule has 0 fully saturated rings. The van der Waals surface area contributed by atoms with Crippen LogP contribution in [-0.4, -0.2) is 19.6 Å². The summed E-state index contributed by atoms with van der Waals surface area (Å²) < 4.78 is 9.25. The van der Waals surface area contributed by atoms with Crippen LogP contribution in [0.5, 0.6) is 5.75 Å². The first-order chi connectivity index (χ1) is 32.4. The molecular weight excluding hydrogens is 1010 g/mol. The van der Waals surface area contributed by atoms with Crippen molar-refractivity contribution in [1.82, 2.24) is 14.5 Å². The van der Waals surface area contributed by atoms with Crippen LogP contribution in [0.1, 0.15) is 52.7 Å². The molecule has 68 heavy (non-hydrogen) atoms. The number of nitrogens with zero attached hydrogens (tertiary/aromatic N) is 3. The van der Waals surface area contributed by atoms with Gasteiger partial charge in [-0.25, -0.2) is 4.98 Å². The van der Waals surface area contributed by atoms with Crippen LogP contribution in [-0.2, 0) is 31.9 Å². The van der Waals surface area contributed by atoms with Crippen LogP contribution in [0.3, 0.4) is 0 Å². The van der Waals surface area contributed by atoms with Crippen LogP contribution < -0.4 is 0 Å². The van der Waals surface area contributed by atoms with Crippen LogP contribution in [0.4, 0.5) is 0 Å². The minimum atomic E-state index is -0.343. The molecule has 0 radical (unpaired) electrons. The molecule has 11 rings (SSSR count). The van der Waals surface area contributed by atoms with Crippen molar-refractivity contribution in [3.8, 4) is 78.6 Å². The summed E-state index contributed by atoms with van der Waals surface area (Å²) >= 11 is 0. The van der Waals surface area contributed by atoms with Crippen molar-refractivity contribution in [2.75, 3.05) is 0 Å². The number of fused-ring (bicyclic) bond motifs is 4. The number of pyridine rings is 1. The van der Waals surface area contributed by atoms with Crippen molar-refractivity contribution in [1.29, 1.82) is 0 Å². The molecule has 0 aliphatic rings. The van der Waals surface area contributed by atoms with E-state index in [2.05, 4.69) is 210 Å². The predicted octanol–water partition coefficient (Wildman–Crippen LogP) is 16.4. The molecule has 11 aromatic rings. The van der Waals surface area contributed by atoms with Gasteiger partial charge in [-0.05, 0) is 68.3 Å². The van der Waals surface area contributed by atoms with Gasteiger partial charge < -0.3 is 9.52 Å². The third kappa shape index (κ3) is 7.85. The number of hydrogen-bond acceptors (Lipinski definition) is 4. The smallest absolute Gasteiger partial charge is 0.148 e. The fourth-order valence-corrected chi connectivity index (χ4v) is 9.47. The van der Waals surface area contributed by atoms with Gasteiger partial charge in [0.25, 0.3) is 0 Å². The maximum absolute atomic E-state index is 12.5. The van der Waals surface area contributed by atoms with Crippen LogP contribution >= 0.6 is 0 Å². The summed E-state index contributed by atoms with van der Waals surface area (Å²) in [7, 11) is 0. The maximum Gasteiger partial charge on any atom is 0.148 e. The van der Waals surface area contributed by atoms with E-state index in [1.807, 2.05) is 30.5 Å². The molecule has 0 saturated carbocycles. The Bertz CT molecular complexity index is 3650. The number of aromatic nitrogens is 3. The minimum Gasteiger partial charge on any atom is -0.507 e. The molecule has 8 aromatic carbocycles. The summed E-state index contributed by atoms with van der Waals surface area (Å²) in [5, 5.41) is 14.5. The van der Waals surface area contributed by atoms with Gasteiger partial charge in [0.05, 0.1) is 27.9 Å². The zero-order valence-corrected chi connectivity index (χ0v) is 41.2. The van der Waals surface area contributed by atoms with Gasteiger partial charge in [0.15, 0.2) is 0 Å². The SMILES string of the molecule is CC(C)(C)c1cc(-c2nc3c(-c4[c-]c(-c5cc(-c6ccccc6)ccn5)c5oc6c(-c7ccccc7)cccc6c5c4)cccc3n2-c2ccccc2-c2ccccc2)c(O)c(C(C)(C)C)c1.[Pt]. The first kappa shape index (κ1) is 44.5. The average Bonchev–Trinajstić information content (AvgIpc) is 3.93. The van der Waals surface area contributed by atoms with Gasteiger partial charge in [-0.1, -0.05) is 204 Å². The quantitative estimate of drug-likeness (QED) is 0.162. The molecular formula is C62H50N3O2Pt-. The molecule has 5 nitrogen and oxygen atoms in total. The summed E-state index contributed by atoms with van der Waals surface area (Å²) in [6, 6.07) is 67.0. The topological polar surface area (TPSA) is 64.1 Å². The number of aromatic hydroxyl groups is 1. The molecule has 0 aliphatic carbocycles. The molecule has 0 bridgehead atoms. The van der Waals surface area contributed by atoms with Gasteiger partial charge in [0.2, 0.25) is 0 Å². The first-order valence-corrected chi connectivity index (χ1v) is 23.0. The van der Waals surface area contributed by atoms with E-state index in [0.29, 0.717) is 17.0 Å². The van der Waals surface area contributed by atoms with Crippen molar-refractivity contribution < 1.29 is 30.6 Å². The second kappa shape index (κ2) is 17.4. The summed E-state index contributed by atoms with van der Waals surface area (Å²) in [6.07, 6.45) is 1.87. The van der Waals surface area contributed by atoms with Crippen LogP contribution in [0.15, 0.2) is 193 Å². The predicted molar refractivity (Wildman–Crippen MR) is 277 cm³/mol. The monoisotopic (exact) mass is 1060 g/mol. The van der Waals surface area contributed by atoms with E-state index in [4.69, 9.17) is 14.4 Å². The number of phenols is 1. The Hall–Kier alpha value is -7.33. The molecule has 0 saturated heterocycles. The Morgan fingerprint density at radius 1 is 0.529 bits per heavy atom. The summed E-state index contributed by atoms with van der Waals surface area (Å²) in [5.74, 6) is 0.884. The second-order valence-corrected chi connectivity index (χ2v) is 19.5. The molecule has 336 valence electrons. The largest absolute Gasteiger partial charge is 0.507 e. The standard InChI is InChI=1S/C62H50N3O2.Pt/c1-61(2,3)44-37-51(57(66)52(38-44)62(4,5)6)60-64-56-46(27-19-31-55(56)65(60)54-30-17-16-26-45(54)40-22-12-8-13-23-40)43-34-49-48-29-18-28-47(41-24-14-9-15-25-41)58(48)67-59(49)50(35-43)53-36-42(32-33-63-53)39-20-10-7-11-21-39;/h7-34,36-38,66H,1-6H3;/q-1;. The fourth-order valence-electron chi connectivity index (χ4n) is 9.47. The van der Waals surface area contributed by atoms with E-state index in [0.717, 1.165) is 100.0 Å². The Morgan fingerprint density at radius 2 is 1.15 bits per heavy atom. The number of rotatable bonds is 7. The van der Waals surface area contributed by atoms with Gasteiger partial charge in [-0.2, -0.15) is 0 Å². The van der Waals surface area contributed by atoms with E-state index in [1.165, 1.54) is 0 Å². The molecule has 1 N–H and O–H groups in total. The van der Waals surface area contributed by atoms with E-state index < -0.39 is 0 Å². The molecule has 0 aliphatic heterocycles. The molecule has 0 unspecified atom stereocenters. The van der Waals surface area contributed by atoms with Crippen molar-refractivity contribution in [3.63, 3.8) is 0 Å². The zero-order valence-electron chi connectivity index (χ0n) is 38.9. The minimum absolute atomic E-state index is 0. The molecule has 6 heteroatoms. The van der Waals surface area contributed by atoms with Crippen LogP contribution in [0, 0.1) is 6.07 Å². The molecule has 3 heterocycles. The van der Waals surface area contributed by atoms with Gasteiger partial charge in [-0.3, -0.25) is 9.55 Å². The number of phenolic OH excluding ortho intramolecular Hbond substituents is 1. The van der Waals surface area contributed by atoms with E-state index in [-0.39, 0.29) is 37.6 Å². The third-order valence-corrected chi connectivity index (χ3v) is 13.0. The van der Waals surface area contributed by atoms with Gasteiger partial charge in [0, 0.05) is 55.0 Å². The van der Waals surface area contributed by atoms with Gasteiger partial charge in [-0.15, -0.1) is 17.7 Å². The van der Waals surface area contributed by atoms with Crippen molar-refractivity contribution in [2.24, 2.45) is 0 Å². The van der Waals surface area contributed by atoms with Crippen LogP contribution in [0.2, 0.25) is 0 Å². The Balaban J connectivity index is 0.00000539. The number of hydrogen-bond donors (Lipinski definition) is 1. The van der Waals surface area contributed by atoms with E-state index in [1.54, 1.807) is 0 Å². The first-order valence-electron chi connectivity index (χ1n) is 23.0. The average molecular weight is 1060 g/mol. The number of imidazole rings is 1. The number of benzene rings is 8. The van der Waals surface area contributed by atoms with Gasteiger partial charge >= 0.3 is 0 Å². The maximum atomic E-state index is 12.5. The van der Waals surface area contributed by atoms with E-state index >= 15 is 0 Å². The van der Waals surface area contributed by atoms with Crippen LogP contribution in [0.25, 0.3) is 106 Å². The van der Waals surface area contributed by atoms with Crippen molar-refractivity contribution >= 4 is 33.0 Å². The Kier molecular flexibility index (Phi) is 11.4. The molecule has 0 atom stereocenters. The van der Waals surface area contributed by atoms with Crippen molar-refractivity contribution in [3.05, 3.63) is 205 Å². The normalized spacial score (nSPS) is 11.9. The summed E-state index contributed by atoms with van der Waals surface area (Å²) in [6.45, 7) is 13.1. The number of furan rings is 1. The fraction of sp³-hybridized carbons (Fsp3) is 0.129. The van der Waals surface area contributed by atoms with Gasteiger partial charge in [0.1, 0.15) is 17.2 Å². The molecule has 0 spiro atoms. The summed E-state index contributed by atoms with van der Waals surface area (Å²) in [5.41, 5.74) is 15.9. The zero-order chi connectivity index (χ0) is 46.0. The molecule has 0 amide bonds. The van der Waals surface area contributed by atoms with Crippen molar-refractivity contribution in [2.45, 2.75) is 52.4 Å². The summed E-state index contributed by atoms with van der Waals surface area (Å²) in [4.78, 5) is 10.7.